The Balaban J connectivity index is 2.78. The van der Waals surface area contributed by atoms with Crippen molar-refractivity contribution < 1.29 is 8.42 Å². The minimum Gasteiger partial charge on any atom is -0.315 e. The molecule has 5 nitrogen and oxygen atoms in total. The van der Waals surface area contributed by atoms with Crippen LogP contribution in [0, 0.1) is 0 Å². The number of sulfonamides is 1. The average molecular weight is 277 g/mol. The summed E-state index contributed by atoms with van der Waals surface area (Å²) in [5, 5.41) is 2.93. The van der Waals surface area contributed by atoms with Crippen molar-refractivity contribution in [3.63, 3.8) is 0 Å². The van der Waals surface area contributed by atoms with Crippen LogP contribution < -0.4 is 5.32 Å². The summed E-state index contributed by atoms with van der Waals surface area (Å²) in [7, 11) is 0.768. The van der Waals surface area contributed by atoms with Crippen LogP contribution in [0.25, 0.3) is 0 Å². The Bertz CT molecular complexity index is 337. The molecule has 6 heteroatoms. The molecule has 0 aromatic rings. The number of likely N-dealkylation sites (N-methyl/N-ethyl adjacent to an activating group) is 2. The van der Waals surface area contributed by atoms with Gasteiger partial charge in [-0.3, -0.25) is 0 Å². The second-order valence-electron chi connectivity index (χ2n) is 5.33. The topological polar surface area (TPSA) is 52.7 Å². The highest BCUT2D eigenvalue weighted by molar-refractivity contribution is 7.89. The smallest absolute Gasteiger partial charge is 0.218 e. The molecular formula is C12H27N3O2S. The molecule has 2 atom stereocenters. The van der Waals surface area contributed by atoms with Gasteiger partial charge in [-0.05, 0) is 40.4 Å². The summed E-state index contributed by atoms with van der Waals surface area (Å²) in [5.41, 5.74) is 0. The first-order chi connectivity index (χ1) is 8.39. The Morgan fingerprint density at radius 3 is 2.50 bits per heavy atom. The van der Waals surface area contributed by atoms with Gasteiger partial charge in [-0.2, -0.15) is 4.31 Å². The maximum atomic E-state index is 12.6. The van der Waals surface area contributed by atoms with Crippen LogP contribution in [0.5, 0.6) is 0 Å². The molecule has 0 bridgehead atoms. The molecule has 0 spiro atoms. The first kappa shape index (κ1) is 15.9. The minimum atomic E-state index is -3.17. The molecule has 1 saturated heterocycles. The number of hydrogen-bond donors (Lipinski definition) is 1. The van der Waals surface area contributed by atoms with Gasteiger partial charge < -0.3 is 10.2 Å². The van der Waals surface area contributed by atoms with E-state index in [4.69, 9.17) is 0 Å². The summed E-state index contributed by atoms with van der Waals surface area (Å²) in [5.74, 6) is 0. The second-order valence-corrected chi connectivity index (χ2v) is 7.49. The van der Waals surface area contributed by atoms with E-state index in [1.165, 1.54) is 0 Å². The van der Waals surface area contributed by atoms with Crippen molar-refractivity contribution in [1.29, 1.82) is 0 Å². The molecule has 1 aliphatic rings. The third-order valence-electron chi connectivity index (χ3n) is 3.43. The Morgan fingerprint density at radius 1 is 1.39 bits per heavy atom. The Labute approximate surface area is 112 Å². The zero-order valence-corrected chi connectivity index (χ0v) is 12.8. The van der Waals surface area contributed by atoms with Crippen molar-refractivity contribution in [1.82, 2.24) is 14.5 Å². The van der Waals surface area contributed by atoms with E-state index >= 15 is 0 Å². The summed E-state index contributed by atoms with van der Waals surface area (Å²) in [6.45, 7) is 6.73. The van der Waals surface area contributed by atoms with Gasteiger partial charge in [0.15, 0.2) is 0 Å². The Kier molecular flexibility index (Phi) is 6.04. The van der Waals surface area contributed by atoms with Crippen LogP contribution in [0.3, 0.4) is 0 Å². The SMILES string of the molecule is CCN(C(C)CN(C)C)S(=O)(=O)C1CCCNC1. The van der Waals surface area contributed by atoms with E-state index in [0.29, 0.717) is 13.1 Å². The van der Waals surface area contributed by atoms with Gasteiger partial charge >= 0.3 is 0 Å². The molecule has 1 heterocycles. The summed E-state index contributed by atoms with van der Waals surface area (Å²) >= 11 is 0. The summed E-state index contributed by atoms with van der Waals surface area (Å²) < 4.78 is 26.9. The molecular weight excluding hydrogens is 250 g/mol. The monoisotopic (exact) mass is 277 g/mol. The van der Waals surface area contributed by atoms with Crippen molar-refractivity contribution in [2.24, 2.45) is 0 Å². The predicted molar refractivity (Wildman–Crippen MR) is 75.2 cm³/mol. The minimum absolute atomic E-state index is 0.0249. The first-order valence-corrected chi connectivity index (χ1v) is 8.26. The molecule has 2 unspecified atom stereocenters. The number of nitrogens with one attached hydrogen (secondary N) is 1. The van der Waals surface area contributed by atoms with Crippen molar-refractivity contribution in [3.05, 3.63) is 0 Å². The first-order valence-electron chi connectivity index (χ1n) is 6.75. The van der Waals surface area contributed by atoms with Crippen LogP contribution >= 0.6 is 0 Å². The van der Waals surface area contributed by atoms with Crippen LogP contribution in [0.2, 0.25) is 0 Å². The fourth-order valence-electron chi connectivity index (χ4n) is 2.63. The average Bonchev–Trinajstić information content (AvgIpc) is 2.29. The van der Waals surface area contributed by atoms with Crippen molar-refractivity contribution in [2.45, 2.75) is 38.0 Å². The normalized spacial score (nSPS) is 23.6. The lowest BCUT2D eigenvalue weighted by molar-refractivity contribution is 0.267. The van der Waals surface area contributed by atoms with Gasteiger partial charge in [0.1, 0.15) is 0 Å². The zero-order valence-electron chi connectivity index (χ0n) is 12.0. The molecule has 1 fully saturated rings. The van der Waals surface area contributed by atoms with Gasteiger partial charge in [-0.25, -0.2) is 8.42 Å². The lowest BCUT2D eigenvalue weighted by atomic mass is 10.2. The van der Waals surface area contributed by atoms with Gasteiger partial charge in [-0.15, -0.1) is 0 Å². The van der Waals surface area contributed by atoms with Crippen LogP contribution in [-0.2, 0) is 10.0 Å². The predicted octanol–water partition coefficient (Wildman–Crippen LogP) is 0.340. The third-order valence-corrected chi connectivity index (χ3v) is 5.95. The Hall–Kier alpha value is -0.170. The molecule has 0 saturated carbocycles. The highest BCUT2D eigenvalue weighted by Gasteiger charge is 2.34. The quantitative estimate of drug-likeness (QED) is 0.761. The molecule has 0 radical (unpaired) electrons. The highest BCUT2D eigenvalue weighted by atomic mass is 32.2. The molecule has 0 aliphatic carbocycles. The van der Waals surface area contributed by atoms with Crippen molar-refractivity contribution in [3.8, 4) is 0 Å². The van der Waals surface area contributed by atoms with E-state index in [9.17, 15) is 8.42 Å². The van der Waals surface area contributed by atoms with Gasteiger partial charge in [0.25, 0.3) is 0 Å². The van der Waals surface area contributed by atoms with Gasteiger partial charge in [0.05, 0.1) is 5.25 Å². The number of nitrogens with zero attached hydrogens (tertiary/aromatic N) is 2. The van der Waals surface area contributed by atoms with Gasteiger partial charge in [0, 0.05) is 25.7 Å². The summed E-state index contributed by atoms with van der Waals surface area (Å²) in [4.78, 5) is 2.03. The van der Waals surface area contributed by atoms with Crippen LogP contribution in [0.1, 0.15) is 26.7 Å². The molecule has 1 rings (SSSR count). The maximum Gasteiger partial charge on any atom is 0.218 e. The van der Waals surface area contributed by atoms with Gasteiger partial charge in [-0.1, -0.05) is 6.92 Å². The van der Waals surface area contributed by atoms with Crippen molar-refractivity contribution >= 4 is 10.0 Å². The van der Waals surface area contributed by atoms with Crippen molar-refractivity contribution in [2.75, 3.05) is 40.3 Å². The fourth-order valence-corrected chi connectivity index (χ4v) is 4.73. The van der Waals surface area contributed by atoms with E-state index in [2.05, 4.69) is 5.32 Å². The third kappa shape index (κ3) is 3.91. The molecule has 108 valence electrons. The van der Waals surface area contributed by atoms with Crippen LogP contribution in [0.15, 0.2) is 0 Å². The number of rotatable bonds is 6. The zero-order chi connectivity index (χ0) is 13.8. The van der Waals surface area contributed by atoms with E-state index < -0.39 is 10.0 Å². The second kappa shape index (κ2) is 6.84. The van der Waals surface area contributed by atoms with E-state index in [-0.39, 0.29) is 11.3 Å². The lowest BCUT2D eigenvalue weighted by Crippen LogP contribution is -2.51. The molecule has 0 aromatic carbocycles. The molecule has 1 N–H and O–H groups in total. The van der Waals surface area contributed by atoms with E-state index in [0.717, 1.165) is 25.9 Å². The Morgan fingerprint density at radius 2 is 2.06 bits per heavy atom. The van der Waals surface area contributed by atoms with Crippen LogP contribution in [-0.4, -0.2) is 69.2 Å². The maximum absolute atomic E-state index is 12.6. The van der Waals surface area contributed by atoms with E-state index in [1.54, 1.807) is 4.31 Å². The largest absolute Gasteiger partial charge is 0.315 e. The van der Waals surface area contributed by atoms with Crippen LogP contribution in [0.4, 0.5) is 0 Å². The summed E-state index contributed by atoms with van der Waals surface area (Å²) in [6, 6.07) is 0.0249. The molecule has 1 aliphatic heterocycles. The van der Waals surface area contributed by atoms with E-state index in [1.807, 2.05) is 32.8 Å². The molecule has 18 heavy (non-hydrogen) atoms. The molecule has 0 aromatic heterocycles. The van der Waals surface area contributed by atoms with Gasteiger partial charge in [0.2, 0.25) is 10.0 Å². The summed E-state index contributed by atoms with van der Waals surface area (Å²) in [6.07, 6.45) is 1.73. The number of piperidine rings is 1. The standard InChI is InChI=1S/C12H27N3O2S/c1-5-15(11(2)10-14(3)4)18(16,17)12-7-6-8-13-9-12/h11-13H,5-10H2,1-4H3. The highest BCUT2D eigenvalue weighted by Crippen LogP contribution is 2.18. The number of hydrogen-bond acceptors (Lipinski definition) is 4. The fraction of sp³-hybridized carbons (Fsp3) is 1.00. The lowest BCUT2D eigenvalue weighted by Gasteiger charge is -2.34. The molecule has 0 amide bonds.